The van der Waals surface area contributed by atoms with Crippen molar-refractivity contribution in [3.8, 4) is 23.0 Å². The van der Waals surface area contributed by atoms with Crippen LogP contribution in [-0.2, 0) is 12.8 Å². The van der Waals surface area contributed by atoms with Gasteiger partial charge in [-0.3, -0.25) is 0 Å². The summed E-state index contributed by atoms with van der Waals surface area (Å²) in [5, 5.41) is 3.85. The molecule has 3 aliphatic rings. The Morgan fingerprint density at radius 2 is 1.39 bits per heavy atom. The van der Waals surface area contributed by atoms with E-state index in [1.807, 2.05) is 0 Å². The molecule has 0 bridgehead atoms. The number of nitrogens with zero attached hydrogens (tertiary/aromatic N) is 1. The van der Waals surface area contributed by atoms with Crippen molar-refractivity contribution in [2.45, 2.75) is 51.1 Å². The average molecular weight is 496 g/mol. The van der Waals surface area contributed by atoms with Gasteiger partial charge in [-0.15, -0.1) is 0 Å². The Bertz CT molecular complexity index is 1100. The molecule has 0 spiro atoms. The monoisotopic (exact) mass is 495 g/mol. The molecular weight excluding hydrogens is 452 g/mol. The first-order valence-electron chi connectivity index (χ1n) is 13.5. The average Bonchev–Trinajstić information content (AvgIpc) is 2.91. The van der Waals surface area contributed by atoms with E-state index < -0.39 is 0 Å². The van der Waals surface area contributed by atoms with Gasteiger partial charge >= 0.3 is 0 Å². The zero-order valence-electron chi connectivity index (χ0n) is 22.9. The minimum atomic E-state index is 0.345. The standard InChI is InChI=1S/C30H43N2O4/c1-7-19-18-32(2)11-9-21-15-28(34-4)30(36-6)17-24(21)26(32)13-22(19)12-25-23-16-29(35-5)27(33-3)14-20(23)8-10-31-25/h14-17,19,22,25-26,31H,7-13,18H2,1-6H3/q+1/t19-,22-,25+,26-,32?/m0/s1. The van der Waals surface area contributed by atoms with Gasteiger partial charge in [-0.05, 0) is 72.7 Å². The lowest BCUT2D eigenvalue weighted by Crippen LogP contribution is -2.58. The van der Waals surface area contributed by atoms with Crippen molar-refractivity contribution in [2.75, 3.05) is 55.1 Å². The molecule has 1 N–H and O–H groups in total. The summed E-state index contributed by atoms with van der Waals surface area (Å²) in [4.78, 5) is 0. The molecule has 6 nitrogen and oxygen atoms in total. The largest absolute Gasteiger partial charge is 0.493 e. The van der Waals surface area contributed by atoms with Crippen LogP contribution in [0.1, 0.15) is 60.5 Å². The number of fused-ring (bicyclic) bond motifs is 4. The third-order valence-electron chi connectivity index (χ3n) is 9.36. The summed E-state index contributed by atoms with van der Waals surface area (Å²) in [5.41, 5.74) is 5.66. The highest BCUT2D eigenvalue weighted by Gasteiger charge is 2.48. The molecule has 1 saturated heterocycles. The quantitative estimate of drug-likeness (QED) is 0.543. The van der Waals surface area contributed by atoms with Gasteiger partial charge in [-0.25, -0.2) is 0 Å². The molecule has 2 aromatic carbocycles. The van der Waals surface area contributed by atoms with Gasteiger partial charge in [0.2, 0.25) is 0 Å². The van der Waals surface area contributed by atoms with Crippen LogP contribution in [0.5, 0.6) is 23.0 Å². The first-order valence-corrected chi connectivity index (χ1v) is 13.5. The second-order valence-electron chi connectivity index (χ2n) is 11.1. The van der Waals surface area contributed by atoms with Gasteiger partial charge in [0.05, 0.1) is 48.6 Å². The molecule has 5 atom stereocenters. The van der Waals surface area contributed by atoms with Crippen LogP contribution >= 0.6 is 0 Å². The van der Waals surface area contributed by atoms with Crippen LogP contribution in [0.25, 0.3) is 0 Å². The number of benzene rings is 2. The maximum atomic E-state index is 5.72. The number of ether oxygens (including phenoxy) is 4. The normalized spacial score (nSPS) is 28.9. The van der Waals surface area contributed by atoms with Crippen molar-refractivity contribution >= 4 is 0 Å². The summed E-state index contributed by atoms with van der Waals surface area (Å²) in [6.45, 7) is 5.82. The highest BCUT2D eigenvalue weighted by molar-refractivity contribution is 5.50. The number of methoxy groups -OCH3 is 4. The number of rotatable bonds is 7. The molecular formula is C30H43N2O4+. The Morgan fingerprint density at radius 3 is 2.00 bits per heavy atom. The van der Waals surface area contributed by atoms with Crippen LogP contribution in [-0.4, -0.2) is 59.6 Å². The minimum Gasteiger partial charge on any atom is -0.493 e. The van der Waals surface area contributed by atoms with Gasteiger partial charge < -0.3 is 28.7 Å². The smallest absolute Gasteiger partial charge is 0.161 e. The Kier molecular flexibility index (Phi) is 7.10. The van der Waals surface area contributed by atoms with Gasteiger partial charge in [0, 0.05) is 30.4 Å². The minimum absolute atomic E-state index is 0.345. The molecule has 5 rings (SSSR count). The van der Waals surface area contributed by atoms with E-state index >= 15 is 0 Å². The van der Waals surface area contributed by atoms with Gasteiger partial charge in [0.15, 0.2) is 23.0 Å². The van der Waals surface area contributed by atoms with E-state index in [9.17, 15) is 0 Å². The first kappa shape index (κ1) is 25.2. The SMILES string of the molecule is CC[C@H]1C[N+]2(C)CCc3cc(OC)c(OC)cc3[C@@H]2C[C@@H]1C[C@H]1NCCc2cc(OC)c(OC)cc21. The van der Waals surface area contributed by atoms with Crippen LogP contribution in [0.2, 0.25) is 0 Å². The van der Waals surface area contributed by atoms with E-state index in [1.165, 1.54) is 48.2 Å². The Balaban J connectivity index is 1.46. The fraction of sp³-hybridized carbons (Fsp3) is 0.600. The molecule has 0 saturated carbocycles. The van der Waals surface area contributed by atoms with Crippen LogP contribution in [0.15, 0.2) is 24.3 Å². The predicted molar refractivity (Wildman–Crippen MR) is 142 cm³/mol. The Hall–Kier alpha value is -2.44. The van der Waals surface area contributed by atoms with E-state index in [4.69, 9.17) is 18.9 Å². The zero-order chi connectivity index (χ0) is 25.4. The molecule has 0 aliphatic carbocycles. The Labute approximate surface area is 216 Å². The third kappa shape index (κ3) is 4.32. The fourth-order valence-electron chi connectivity index (χ4n) is 7.33. The topological polar surface area (TPSA) is 49.0 Å². The van der Waals surface area contributed by atoms with Crippen molar-refractivity contribution in [3.05, 3.63) is 46.5 Å². The van der Waals surface area contributed by atoms with Crippen LogP contribution < -0.4 is 24.3 Å². The Morgan fingerprint density at radius 1 is 0.806 bits per heavy atom. The maximum absolute atomic E-state index is 5.72. The molecule has 196 valence electrons. The molecule has 0 radical (unpaired) electrons. The van der Waals surface area contributed by atoms with E-state index in [2.05, 4.69) is 43.6 Å². The van der Waals surface area contributed by atoms with Crippen molar-refractivity contribution in [1.82, 2.24) is 5.32 Å². The van der Waals surface area contributed by atoms with Crippen LogP contribution in [0.3, 0.4) is 0 Å². The van der Waals surface area contributed by atoms with Gasteiger partial charge in [-0.2, -0.15) is 0 Å². The van der Waals surface area contributed by atoms with Crippen LogP contribution in [0, 0.1) is 11.8 Å². The summed E-state index contributed by atoms with van der Waals surface area (Å²) in [5.74, 6) is 4.73. The first-order chi connectivity index (χ1) is 17.4. The van der Waals surface area contributed by atoms with Crippen molar-refractivity contribution in [1.29, 1.82) is 0 Å². The number of quaternary nitrogens is 1. The number of likely N-dealkylation sites (N-methyl/N-ethyl adjacent to an activating group) is 1. The van der Waals surface area contributed by atoms with Crippen molar-refractivity contribution < 1.29 is 23.4 Å². The molecule has 36 heavy (non-hydrogen) atoms. The summed E-state index contributed by atoms with van der Waals surface area (Å²) < 4.78 is 23.8. The summed E-state index contributed by atoms with van der Waals surface area (Å²) in [6, 6.07) is 9.72. The zero-order valence-corrected chi connectivity index (χ0v) is 22.9. The lowest BCUT2D eigenvalue weighted by atomic mass is 9.71. The molecule has 1 unspecified atom stereocenters. The second kappa shape index (κ2) is 10.1. The molecule has 3 aliphatic heterocycles. The number of nitrogens with one attached hydrogen (secondary N) is 1. The highest BCUT2D eigenvalue weighted by atomic mass is 16.5. The molecule has 2 aromatic rings. The fourth-order valence-corrected chi connectivity index (χ4v) is 7.33. The maximum Gasteiger partial charge on any atom is 0.161 e. The van der Waals surface area contributed by atoms with E-state index in [0.717, 1.165) is 59.2 Å². The number of piperidine rings is 1. The summed E-state index contributed by atoms with van der Waals surface area (Å²) in [7, 11) is 9.40. The molecule has 0 amide bonds. The van der Waals surface area contributed by atoms with E-state index in [-0.39, 0.29) is 0 Å². The predicted octanol–water partition coefficient (Wildman–Crippen LogP) is 5.09. The van der Waals surface area contributed by atoms with Gasteiger partial charge in [0.25, 0.3) is 0 Å². The van der Waals surface area contributed by atoms with Gasteiger partial charge in [0.1, 0.15) is 6.04 Å². The van der Waals surface area contributed by atoms with Gasteiger partial charge in [-0.1, -0.05) is 6.92 Å². The molecule has 1 fully saturated rings. The van der Waals surface area contributed by atoms with Crippen LogP contribution in [0.4, 0.5) is 0 Å². The molecule has 6 heteroatoms. The second-order valence-corrected chi connectivity index (χ2v) is 11.1. The lowest BCUT2D eigenvalue weighted by molar-refractivity contribution is -0.951. The summed E-state index contributed by atoms with van der Waals surface area (Å²) in [6.07, 6.45) is 5.72. The molecule has 3 heterocycles. The molecule has 0 aromatic heterocycles. The number of hydrogen-bond donors (Lipinski definition) is 1. The lowest BCUT2D eigenvalue weighted by Gasteiger charge is -2.53. The highest BCUT2D eigenvalue weighted by Crippen LogP contribution is 2.50. The van der Waals surface area contributed by atoms with E-state index in [1.54, 1.807) is 28.4 Å². The third-order valence-corrected chi connectivity index (χ3v) is 9.36. The van der Waals surface area contributed by atoms with Crippen molar-refractivity contribution in [3.63, 3.8) is 0 Å². The summed E-state index contributed by atoms with van der Waals surface area (Å²) >= 11 is 0. The van der Waals surface area contributed by atoms with E-state index in [0.29, 0.717) is 18.0 Å². The van der Waals surface area contributed by atoms with Crippen molar-refractivity contribution in [2.24, 2.45) is 11.8 Å². The number of hydrogen-bond acceptors (Lipinski definition) is 5.